The number of hydrogen-bond acceptors (Lipinski definition) is 5. The fourth-order valence-electron chi connectivity index (χ4n) is 0.932. The van der Waals surface area contributed by atoms with Crippen LogP contribution in [0, 0.1) is 0 Å². The van der Waals surface area contributed by atoms with E-state index in [2.05, 4.69) is 0 Å². The molecular formula is C9H13NO4. The molecule has 5 N–H and O–H groups in total. The number of phenols is 3. The number of aromatic hydroxyl groups is 3. The number of benzene rings is 1. The molecule has 1 aromatic rings. The lowest BCUT2D eigenvalue weighted by Crippen LogP contribution is -2.06. The van der Waals surface area contributed by atoms with Gasteiger partial charge in [-0.2, -0.15) is 0 Å². The number of hydrogen-bond donors (Lipinski definition) is 4. The van der Waals surface area contributed by atoms with Crippen LogP contribution in [0.1, 0.15) is 6.42 Å². The second-order valence-corrected chi connectivity index (χ2v) is 2.77. The first kappa shape index (κ1) is 10.5. The monoisotopic (exact) mass is 199 g/mol. The van der Waals surface area contributed by atoms with Crippen molar-refractivity contribution in [3.8, 4) is 23.0 Å². The molecule has 0 saturated heterocycles. The number of rotatable bonds is 4. The van der Waals surface area contributed by atoms with E-state index >= 15 is 0 Å². The largest absolute Gasteiger partial charge is 0.504 e. The van der Waals surface area contributed by atoms with Gasteiger partial charge in [-0.1, -0.05) is 0 Å². The van der Waals surface area contributed by atoms with Gasteiger partial charge in [0.2, 0.25) is 11.5 Å². The Balaban J connectivity index is 2.73. The van der Waals surface area contributed by atoms with Gasteiger partial charge in [-0.3, -0.25) is 0 Å². The average Bonchev–Trinajstić information content (AvgIpc) is 2.18. The maximum Gasteiger partial charge on any atom is 0.204 e. The van der Waals surface area contributed by atoms with Gasteiger partial charge in [-0.15, -0.1) is 0 Å². The summed E-state index contributed by atoms with van der Waals surface area (Å²) < 4.78 is 5.11. The maximum atomic E-state index is 9.31. The van der Waals surface area contributed by atoms with E-state index < -0.39 is 11.5 Å². The van der Waals surface area contributed by atoms with Gasteiger partial charge in [0.05, 0.1) is 6.61 Å². The zero-order valence-corrected chi connectivity index (χ0v) is 7.60. The van der Waals surface area contributed by atoms with Gasteiger partial charge in [0, 0.05) is 0 Å². The van der Waals surface area contributed by atoms with Crippen molar-refractivity contribution in [3.05, 3.63) is 12.1 Å². The summed E-state index contributed by atoms with van der Waals surface area (Å²) in [6, 6.07) is 2.62. The Morgan fingerprint density at radius 2 is 1.86 bits per heavy atom. The normalized spacial score (nSPS) is 10.1. The topological polar surface area (TPSA) is 95.9 Å². The lowest BCUT2D eigenvalue weighted by Gasteiger charge is -2.08. The van der Waals surface area contributed by atoms with Gasteiger partial charge in [0.15, 0.2) is 11.5 Å². The molecule has 14 heavy (non-hydrogen) atoms. The van der Waals surface area contributed by atoms with Gasteiger partial charge in [-0.25, -0.2) is 0 Å². The average molecular weight is 199 g/mol. The minimum absolute atomic E-state index is 0.133. The molecule has 0 aliphatic carbocycles. The van der Waals surface area contributed by atoms with E-state index in [-0.39, 0.29) is 11.5 Å². The Bertz CT molecular complexity index is 314. The van der Waals surface area contributed by atoms with Crippen LogP contribution in [0.5, 0.6) is 23.0 Å². The number of nitrogens with two attached hydrogens (primary N) is 1. The second-order valence-electron chi connectivity index (χ2n) is 2.77. The Labute approximate surface area is 81.4 Å². The first-order valence-corrected chi connectivity index (χ1v) is 4.23. The summed E-state index contributed by atoms with van der Waals surface area (Å²) in [4.78, 5) is 0. The van der Waals surface area contributed by atoms with Crippen molar-refractivity contribution in [1.82, 2.24) is 0 Å². The van der Waals surface area contributed by atoms with Crippen LogP contribution in [0.25, 0.3) is 0 Å². The molecule has 0 spiro atoms. The van der Waals surface area contributed by atoms with Crippen LogP contribution in [-0.2, 0) is 0 Å². The molecule has 0 saturated carbocycles. The maximum absolute atomic E-state index is 9.31. The minimum Gasteiger partial charge on any atom is -0.504 e. The predicted octanol–water partition coefficient (Wildman–Crippen LogP) is 0.531. The van der Waals surface area contributed by atoms with Crippen molar-refractivity contribution in [1.29, 1.82) is 0 Å². The molecule has 1 aromatic carbocycles. The first-order chi connectivity index (χ1) is 6.66. The summed E-state index contributed by atoms with van der Waals surface area (Å²) >= 11 is 0. The molecule has 0 aliphatic heterocycles. The molecular weight excluding hydrogens is 186 g/mol. The van der Waals surface area contributed by atoms with Gasteiger partial charge < -0.3 is 25.8 Å². The Morgan fingerprint density at radius 3 is 2.50 bits per heavy atom. The lowest BCUT2D eigenvalue weighted by molar-refractivity contribution is 0.286. The molecule has 0 bridgehead atoms. The standard InChI is InChI=1S/C9H13NO4/c10-4-1-5-14-7-3-2-6(11)8(12)9(7)13/h2-3,11-13H,1,4-5,10H2. The van der Waals surface area contributed by atoms with E-state index in [4.69, 9.17) is 20.7 Å². The fourth-order valence-corrected chi connectivity index (χ4v) is 0.932. The Morgan fingerprint density at radius 1 is 1.14 bits per heavy atom. The number of phenolic OH excluding ortho intramolecular Hbond substituents is 3. The van der Waals surface area contributed by atoms with Crippen molar-refractivity contribution in [2.24, 2.45) is 5.73 Å². The third kappa shape index (κ3) is 2.20. The molecule has 0 aliphatic rings. The smallest absolute Gasteiger partial charge is 0.204 e. The molecule has 0 atom stereocenters. The molecule has 0 amide bonds. The van der Waals surface area contributed by atoms with Crippen molar-refractivity contribution < 1.29 is 20.1 Å². The SMILES string of the molecule is NCCCOc1ccc(O)c(O)c1O. The second kappa shape index (κ2) is 4.57. The molecule has 5 nitrogen and oxygen atoms in total. The van der Waals surface area contributed by atoms with Gasteiger partial charge in [0.25, 0.3) is 0 Å². The highest BCUT2D eigenvalue weighted by Crippen LogP contribution is 2.41. The van der Waals surface area contributed by atoms with E-state index in [1.807, 2.05) is 0 Å². The zero-order chi connectivity index (χ0) is 10.6. The highest BCUT2D eigenvalue weighted by molar-refractivity contribution is 5.56. The summed E-state index contributed by atoms with van der Waals surface area (Å²) in [5.74, 6) is -1.28. The lowest BCUT2D eigenvalue weighted by atomic mass is 10.2. The van der Waals surface area contributed by atoms with E-state index in [0.717, 1.165) is 0 Å². The van der Waals surface area contributed by atoms with E-state index in [9.17, 15) is 5.11 Å². The van der Waals surface area contributed by atoms with Crippen LogP contribution < -0.4 is 10.5 Å². The van der Waals surface area contributed by atoms with Crippen LogP contribution in [-0.4, -0.2) is 28.5 Å². The van der Waals surface area contributed by atoms with Gasteiger partial charge in [0.1, 0.15) is 0 Å². The van der Waals surface area contributed by atoms with Gasteiger partial charge >= 0.3 is 0 Å². The van der Waals surface area contributed by atoms with Crippen LogP contribution >= 0.6 is 0 Å². The van der Waals surface area contributed by atoms with Crippen molar-refractivity contribution in [3.63, 3.8) is 0 Å². The van der Waals surface area contributed by atoms with E-state index in [1.165, 1.54) is 12.1 Å². The summed E-state index contributed by atoms with van der Waals surface area (Å²) in [6.07, 6.45) is 0.654. The van der Waals surface area contributed by atoms with Crippen LogP contribution in [0.4, 0.5) is 0 Å². The third-order valence-corrected chi connectivity index (χ3v) is 1.70. The minimum atomic E-state index is -0.574. The molecule has 0 fully saturated rings. The fraction of sp³-hybridized carbons (Fsp3) is 0.333. The highest BCUT2D eigenvalue weighted by atomic mass is 16.5. The van der Waals surface area contributed by atoms with Crippen molar-refractivity contribution >= 4 is 0 Å². The molecule has 0 heterocycles. The summed E-state index contributed by atoms with van der Waals surface area (Å²) in [5, 5.41) is 27.5. The van der Waals surface area contributed by atoms with Crippen LogP contribution in [0.15, 0.2) is 12.1 Å². The molecule has 1 rings (SSSR count). The Kier molecular flexibility index (Phi) is 3.41. The summed E-state index contributed by atoms with van der Waals surface area (Å²) in [5.41, 5.74) is 5.25. The van der Waals surface area contributed by atoms with Gasteiger partial charge in [-0.05, 0) is 25.1 Å². The van der Waals surface area contributed by atoms with E-state index in [1.54, 1.807) is 0 Å². The molecule has 0 radical (unpaired) electrons. The summed E-state index contributed by atoms with van der Waals surface area (Å²) in [7, 11) is 0. The number of ether oxygens (including phenoxy) is 1. The van der Waals surface area contributed by atoms with Crippen molar-refractivity contribution in [2.75, 3.05) is 13.2 Å². The molecule has 78 valence electrons. The molecule has 5 heteroatoms. The van der Waals surface area contributed by atoms with Crippen LogP contribution in [0.3, 0.4) is 0 Å². The quantitative estimate of drug-likeness (QED) is 0.419. The summed E-state index contributed by atoms with van der Waals surface area (Å²) in [6.45, 7) is 0.846. The Hall–Kier alpha value is -1.62. The third-order valence-electron chi connectivity index (χ3n) is 1.70. The zero-order valence-electron chi connectivity index (χ0n) is 7.60. The predicted molar refractivity (Wildman–Crippen MR) is 50.6 cm³/mol. The van der Waals surface area contributed by atoms with Crippen LogP contribution in [0.2, 0.25) is 0 Å². The first-order valence-electron chi connectivity index (χ1n) is 4.23. The molecule has 0 aromatic heterocycles. The highest BCUT2D eigenvalue weighted by Gasteiger charge is 2.11. The van der Waals surface area contributed by atoms with E-state index in [0.29, 0.717) is 19.6 Å². The van der Waals surface area contributed by atoms with Crippen molar-refractivity contribution in [2.45, 2.75) is 6.42 Å². The molecule has 0 unspecified atom stereocenters.